The zero-order chi connectivity index (χ0) is 19.4. The molecule has 1 fully saturated rings. The molecule has 6 atom stereocenters. The van der Waals surface area contributed by atoms with E-state index in [0.717, 1.165) is 0 Å². The molecular formula is C12H22NO10S2-. The Bertz CT molecular complexity index is 564. The van der Waals surface area contributed by atoms with E-state index < -0.39 is 52.5 Å². The molecule has 1 rings (SSSR count). The van der Waals surface area contributed by atoms with Gasteiger partial charge in [0.15, 0.2) is 0 Å². The first-order valence-electron chi connectivity index (χ1n) is 7.31. The SMILES string of the molecule is CC[C@](C)(O)CC(=NOS(=O)(=O)[O-])S[C@@H]1O[C@H](CO)[C@@H](O)[C@H](O)[C@H]1O. The summed E-state index contributed by atoms with van der Waals surface area (Å²) in [6.45, 7) is 2.44. The van der Waals surface area contributed by atoms with Crippen LogP contribution in [-0.2, 0) is 19.4 Å². The molecule has 148 valence electrons. The molecule has 5 N–H and O–H groups in total. The highest BCUT2D eigenvalue weighted by atomic mass is 32.3. The maximum absolute atomic E-state index is 10.6. The van der Waals surface area contributed by atoms with Gasteiger partial charge in [-0.05, 0) is 13.3 Å². The first-order chi connectivity index (χ1) is 11.4. The molecule has 1 aliphatic rings. The number of ether oxygens (including phenoxy) is 1. The molecule has 1 saturated heterocycles. The van der Waals surface area contributed by atoms with Crippen molar-refractivity contribution < 1.29 is 47.5 Å². The topological polar surface area (TPSA) is 189 Å². The molecular weight excluding hydrogens is 382 g/mol. The lowest BCUT2D eigenvalue weighted by atomic mass is 10.0. The summed E-state index contributed by atoms with van der Waals surface area (Å²) in [5.41, 5.74) is -2.59. The summed E-state index contributed by atoms with van der Waals surface area (Å²) in [6, 6.07) is 0. The van der Waals surface area contributed by atoms with Crippen LogP contribution in [0.4, 0.5) is 0 Å². The van der Waals surface area contributed by atoms with Crippen molar-refractivity contribution in [3.63, 3.8) is 0 Å². The van der Waals surface area contributed by atoms with Gasteiger partial charge in [-0.25, -0.2) is 0 Å². The lowest BCUT2D eigenvalue weighted by Crippen LogP contribution is -2.57. The first-order valence-corrected chi connectivity index (χ1v) is 9.52. The average Bonchev–Trinajstić information content (AvgIpc) is 2.52. The summed E-state index contributed by atoms with van der Waals surface area (Å²) < 4.78 is 40.8. The summed E-state index contributed by atoms with van der Waals surface area (Å²) in [7, 11) is -5.14. The molecule has 11 nitrogen and oxygen atoms in total. The lowest BCUT2D eigenvalue weighted by Gasteiger charge is -2.39. The number of aliphatic hydroxyl groups excluding tert-OH is 4. The van der Waals surface area contributed by atoms with Crippen LogP contribution < -0.4 is 0 Å². The van der Waals surface area contributed by atoms with E-state index in [4.69, 9.17) is 9.84 Å². The van der Waals surface area contributed by atoms with Gasteiger partial charge in [-0.3, -0.25) is 4.28 Å². The van der Waals surface area contributed by atoms with Crippen LogP contribution in [0.25, 0.3) is 0 Å². The standard InChI is InChI=1S/C12H23NO10S2/c1-3-12(2,18)4-7(13-23-25(19,20)21)24-11-10(17)9(16)8(15)6(5-14)22-11/h6,8-11,14-18H,3-5H2,1-2H3,(H,19,20,21)/p-1/t6-,8-,9+,10-,11+,12+/m1/s1. The minimum absolute atomic E-state index is 0.199. The second-order valence-electron chi connectivity index (χ2n) is 5.81. The Hall–Kier alpha value is -0.510. The number of aliphatic hydroxyl groups is 5. The number of rotatable bonds is 7. The van der Waals surface area contributed by atoms with Crippen molar-refractivity contribution in [3.05, 3.63) is 0 Å². The van der Waals surface area contributed by atoms with Crippen LogP contribution in [0.3, 0.4) is 0 Å². The monoisotopic (exact) mass is 404 g/mol. The van der Waals surface area contributed by atoms with Crippen molar-refractivity contribution in [3.8, 4) is 0 Å². The normalized spacial score (nSPS) is 33.8. The van der Waals surface area contributed by atoms with E-state index in [0.29, 0.717) is 11.8 Å². The van der Waals surface area contributed by atoms with Gasteiger partial charge in [0.1, 0.15) is 34.9 Å². The highest BCUT2D eigenvalue weighted by Crippen LogP contribution is 2.32. The maximum atomic E-state index is 10.6. The molecule has 13 heteroatoms. The number of nitrogens with zero attached hydrogens (tertiary/aromatic N) is 1. The fraction of sp³-hybridized carbons (Fsp3) is 0.917. The van der Waals surface area contributed by atoms with Crippen LogP contribution in [0.15, 0.2) is 5.16 Å². The van der Waals surface area contributed by atoms with Crippen molar-refractivity contribution >= 4 is 27.2 Å². The number of hydrogen-bond donors (Lipinski definition) is 5. The van der Waals surface area contributed by atoms with Gasteiger partial charge >= 0.3 is 0 Å². The molecule has 0 amide bonds. The van der Waals surface area contributed by atoms with E-state index in [1.54, 1.807) is 6.92 Å². The Labute approximate surface area is 149 Å². The van der Waals surface area contributed by atoms with E-state index in [1.807, 2.05) is 0 Å². The van der Waals surface area contributed by atoms with Gasteiger partial charge in [-0.1, -0.05) is 23.8 Å². The van der Waals surface area contributed by atoms with Crippen molar-refractivity contribution in [2.24, 2.45) is 5.16 Å². The van der Waals surface area contributed by atoms with Crippen molar-refractivity contribution in [1.82, 2.24) is 0 Å². The Morgan fingerprint density at radius 3 is 2.40 bits per heavy atom. The largest absolute Gasteiger partial charge is 0.714 e. The first kappa shape index (κ1) is 22.5. The fourth-order valence-corrected chi connectivity index (χ4v) is 3.40. The second kappa shape index (κ2) is 8.92. The Balaban J connectivity index is 2.99. The quantitative estimate of drug-likeness (QED) is 0.102. The third-order valence-electron chi connectivity index (χ3n) is 3.62. The predicted octanol–water partition coefficient (Wildman–Crippen LogP) is -2.14. The van der Waals surface area contributed by atoms with Crippen LogP contribution in [0.5, 0.6) is 0 Å². The summed E-state index contributed by atoms with van der Waals surface area (Å²) >= 11 is 0.589. The highest BCUT2D eigenvalue weighted by molar-refractivity contribution is 8.14. The van der Waals surface area contributed by atoms with Gasteiger partial charge in [0.25, 0.3) is 10.4 Å². The van der Waals surface area contributed by atoms with E-state index >= 15 is 0 Å². The minimum atomic E-state index is -5.14. The zero-order valence-electron chi connectivity index (χ0n) is 13.5. The number of hydrogen-bond acceptors (Lipinski definition) is 12. The average molecular weight is 404 g/mol. The maximum Gasteiger partial charge on any atom is 0.284 e. The fourth-order valence-electron chi connectivity index (χ4n) is 1.93. The molecule has 0 aromatic carbocycles. The molecule has 1 aliphatic heterocycles. The van der Waals surface area contributed by atoms with E-state index in [9.17, 15) is 33.4 Å². The molecule has 25 heavy (non-hydrogen) atoms. The predicted molar refractivity (Wildman–Crippen MR) is 85.1 cm³/mol. The van der Waals surface area contributed by atoms with Gasteiger partial charge in [-0.2, -0.15) is 8.42 Å². The second-order valence-corrected chi connectivity index (χ2v) is 7.95. The Morgan fingerprint density at radius 2 is 1.92 bits per heavy atom. The van der Waals surface area contributed by atoms with Gasteiger partial charge < -0.3 is 34.8 Å². The third kappa shape index (κ3) is 6.96. The molecule has 0 aromatic rings. The summed E-state index contributed by atoms with van der Waals surface area (Å²) in [4.78, 5) is 0. The number of thioether (sulfide) groups is 1. The summed E-state index contributed by atoms with van der Waals surface area (Å²) in [5, 5.41) is 51.7. The van der Waals surface area contributed by atoms with Gasteiger partial charge in [-0.15, -0.1) is 0 Å². The highest BCUT2D eigenvalue weighted by Gasteiger charge is 2.44. The lowest BCUT2D eigenvalue weighted by molar-refractivity contribution is -0.205. The molecule has 1 heterocycles. The minimum Gasteiger partial charge on any atom is -0.714 e. The molecule has 0 spiro atoms. The van der Waals surface area contributed by atoms with Crippen LogP contribution in [0.1, 0.15) is 26.7 Å². The summed E-state index contributed by atoms with van der Waals surface area (Å²) in [6.07, 6.45) is -5.96. The van der Waals surface area contributed by atoms with Crippen LogP contribution in [0.2, 0.25) is 0 Å². The Kier molecular flexibility index (Phi) is 8.04. The van der Waals surface area contributed by atoms with E-state index in [1.165, 1.54) is 6.92 Å². The summed E-state index contributed by atoms with van der Waals surface area (Å²) in [5.74, 6) is 0. The Morgan fingerprint density at radius 1 is 1.32 bits per heavy atom. The van der Waals surface area contributed by atoms with E-state index in [2.05, 4.69) is 9.44 Å². The molecule has 0 aromatic heterocycles. The number of oxime groups is 1. The van der Waals surface area contributed by atoms with Crippen molar-refractivity contribution in [2.45, 2.75) is 62.1 Å². The molecule has 0 saturated carbocycles. The van der Waals surface area contributed by atoms with Crippen molar-refractivity contribution in [2.75, 3.05) is 6.61 Å². The van der Waals surface area contributed by atoms with Crippen LogP contribution in [-0.4, -0.2) is 85.6 Å². The smallest absolute Gasteiger partial charge is 0.284 e. The van der Waals surface area contributed by atoms with Gasteiger partial charge in [0, 0.05) is 6.42 Å². The molecule has 0 bridgehead atoms. The van der Waals surface area contributed by atoms with E-state index in [-0.39, 0.29) is 17.9 Å². The molecule has 0 unspecified atom stereocenters. The van der Waals surface area contributed by atoms with Gasteiger partial charge in [0.2, 0.25) is 0 Å². The zero-order valence-corrected chi connectivity index (χ0v) is 15.2. The third-order valence-corrected chi connectivity index (χ3v) is 5.00. The van der Waals surface area contributed by atoms with Crippen molar-refractivity contribution in [1.29, 1.82) is 0 Å². The van der Waals surface area contributed by atoms with Crippen LogP contribution >= 0.6 is 11.8 Å². The van der Waals surface area contributed by atoms with Crippen LogP contribution in [0, 0.1) is 0 Å². The van der Waals surface area contributed by atoms with Gasteiger partial charge in [0.05, 0.1) is 12.2 Å². The molecule has 0 radical (unpaired) electrons. The molecule has 0 aliphatic carbocycles.